The van der Waals surface area contributed by atoms with Gasteiger partial charge in [0.15, 0.2) is 0 Å². The van der Waals surface area contributed by atoms with E-state index in [1.807, 2.05) is 12.1 Å². The van der Waals surface area contributed by atoms with Crippen molar-refractivity contribution in [3.63, 3.8) is 0 Å². The summed E-state index contributed by atoms with van der Waals surface area (Å²) in [7, 11) is 0. The van der Waals surface area contributed by atoms with Crippen molar-refractivity contribution in [2.24, 2.45) is 0 Å². The van der Waals surface area contributed by atoms with Crippen molar-refractivity contribution < 1.29 is 0 Å². The van der Waals surface area contributed by atoms with Crippen LogP contribution in [0.2, 0.25) is 0 Å². The molecule has 222 valence electrons. The average Bonchev–Trinajstić information content (AvgIpc) is 3.17. The van der Waals surface area contributed by atoms with Crippen LogP contribution in [0.3, 0.4) is 0 Å². The van der Waals surface area contributed by atoms with Gasteiger partial charge in [-0.15, -0.1) is 0 Å². The smallest absolute Gasteiger partial charge is 0.101 e. The third-order valence-electron chi connectivity index (χ3n) is 8.93. The molecule has 0 spiro atoms. The lowest BCUT2D eigenvalue weighted by molar-refractivity contribution is 1.30. The van der Waals surface area contributed by atoms with Gasteiger partial charge in [-0.1, -0.05) is 121 Å². The molecule has 2 aromatic heterocycles. The van der Waals surface area contributed by atoms with Crippen LogP contribution in [0.15, 0.2) is 158 Å². The molecule has 0 saturated carbocycles. The van der Waals surface area contributed by atoms with Crippen LogP contribution in [0.25, 0.3) is 77.2 Å². The van der Waals surface area contributed by atoms with Crippen molar-refractivity contribution in [1.82, 2.24) is 9.97 Å². The Kier molecular flexibility index (Phi) is 7.23. The summed E-state index contributed by atoms with van der Waals surface area (Å²) in [6.45, 7) is 0. The van der Waals surface area contributed by atoms with Gasteiger partial charge in [0.25, 0.3) is 0 Å². The highest BCUT2D eigenvalue weighted by Crippen LogP contribution is 2.41. The van der Waals surface area contributed by atoms with Crippen LogP contribution in [0, 0.1) is 22.7 Å². The van der Waals surface area contributed by atoms with Crippen LogP contribution in [-0.4, -0.2) is 9.97 Å². The summed E-state index contributed by atoms with van der Waals surface area (Å²) in [6, 6.07) is 51.2. The zero-order valence-electron chi connectivity index (χ0n) is 25.8. The zero-order chi connectivity index (χ0) is 32.5. The number of hydrogen-bond donors (Lipinski definition) is 0. The molecule has 8 rings (SSSR count). The third kappa shape index (κ3) is 5.14. The fraction of sp³-hybridized carbons (Fsp3) is 0. The maximum atomic E-state index is 9.29. The summed E-state index contributed by atoms with van der Waals surface area (Å²) < 4.78 is 0. The van der Waals surface area contributed by atoms with Crippen LogP contribution in [0.4, 0.5) is 0 Å². The maximum Gasteiger partial charge on any atom is 0.101 e. The van der Waals surface area contributed by atoms with Gasteiger partial charge in [-0.3, -0.25) is 9.97 Å². The number of aromatic nitrogens is 2. The van der Waals surface area contributed by atoms with Gasteiger partial charge < -0.3 is 0 Å². The molecule has 0 unspecified atom stereocenters. The van der Waals surface area contributed by atoms with Gasteiger partial charge in [0.1, 0.15) is 12.1 Å². The Morgan fingerprint density at radius 3 is 1.04 bits per heavy atom. The fourth-order valence-electron chi connectivity index (χ4n) is 6.57. The van der Waals surface area contributed by atoms with Gasteiger partial charge in [-0.05, 0) is 78.2 Å². The second-order valence-corrected chi connectivity index (χ2v) is 11.7. The lowest BCUT2D eigenvalue weighted by atomic mass is 9.87. The van der Waals surface area contributed by atoms with Crippen molar-refractivity contribution in [1.29, 1.82) is 10.5 Å². The van der Waals surface area contributed by atoms with Crippen molar-refractivity contribution in [3.8, 4) is 67.8 Å². The molecule has 0 atom stereocenters. The molecule has 0 N–H and O–H groups in total. The molecule has 0 bridgehead atoms. The predicted octanol–water partition coefficient (Wildman–Crippen LogP) is 10.9. The lowest BCUT2D eigenvalue weighted by Gasteiger charge is -2.16. The first-order valence-electron chi connectivity index (χ1n) is 15.7. The second-order valence-electron chi connectivity index (χ2n) is 11.7. The first-order valence-corrected chi connectivity index (χ1v) is 15.7. The first kappa shape index (κ1) is 28.6. The SMILES string of the molecule is N#Cc1cncc(-c2ccc(-c3ccc(-c4ccc(-c5ccc(-c6cncc(C#N)c6)cc5)c5ccccc45)c4ccccc34)cc2)c1. The number of nitrogens with zero attached hydrogens (tertiary/aromatic N) is 4. The highest BCUT2D eigenvalue weighted by Gasteiger charge is 2.14. The van der Waals surface area contributed by atoms with E-state index < -0.39 is 0 Å². The monoisotopic (exact) mass is 610 g/mol. The van der Waals surface area contributed by atoms with E-state index in [2.05, 4.69) is 143 Å². The first-order chi connectivity index (χ1) is 23.7. The molecule has 0 aliphatic heterocycles. The number of rotatable bonds is 5. The molecule has 0 aliphatic carbocycles. The third-order valence-corrected chi connectivity index (χ3v) is 8.93. The van der Waals surface area contributed by atoms with Gasteiger partial charge in [-0.25, -0.2) is 0 Å². The minimum Gasteiger partial charge on any atom is -0.263 e. The summed E-state index contributed by atoms with van der Waals surface area (Å²) in [5.41, 5.74) is 12.0. The number of hydrogen-bond acceptors (Lipinski definition) is 4. The maximum absolute atomic E-state index is 9.29. The van der Waals surface area contributed by atoms with E-state index >= 15 is 0 Å². The summed E-state index contributed by atoms with van der Waals surface area (Å²) in [4.78, 5) is 8.45. The van der Waals surface area contributed by atoms with Crippen molar-refractivity contribution in [2.45, 2.75) is 0 Å². The standard InChI is InChI=1S/C44H26N4/c45-23-29-21-35(27-47-25-29)31-9-13-33(14-10-31)37-17-19-43(41-7-3-1-5-39(37)41)44-20-18-38(40-6-2-4-8-42(40)44)34-15-11-32(12-16-34)36-22-30(24-46)26-48-28-36/h1-22,25-28H. The molecule has 48 heavy (non-hydrogen) atoms. The van der Waals surface area contributed by atoms with Gasteiger partial charge in [-0.2, -0.15) is 10.5 Å². The van der Waals surface area contributed by atoms with Gasteiger partial charge in [0.05, 0.1) is 11.1 Å². The Morgan fingerprint density at radius 1 is 0.333 bits per heavy atom. The van der Waals surface area contributed by atoms with E-state index in [-0.39, 0.29) is 0 Å². The predicted molar refractivity (Wildman–Crippen MR) is 194 cm³/mol. The molecule has 0 fully saturated rings. The van der Waals surface area contributed by atoms with Crippen LogP contribution in [0.1, 0.15) is 11.1 Å². The molecule has 0 aliphatic rings. The molecule has 0 amide bonds. The minimum absolute atomic E-state index is 0.549. The zero-order valence-corrected chi connectivity index (χ0v) is 25.8. The number of benzene rings is 6. The second kappa shape index (κ2) is 12.1. The quantitative estimate of drug-likeness (QED) is 0.194. The fourth-order valence-corrected chi connectivity index (χ4v) is 6.57. The highest BCUT2D eigenvalue weighted by atomic mass is 14.6. The highest BCUT2D eigenvalue weighted by molar-refractivity contribution is 6.12. The van der Waals surface area contributed by atoms with E-state index in [0.29, 0.717) is 11.1 Å². The minimum atomic E-state index is 0.549. The summed E-state index contributed by atoms with van der Waals surface area (Å²) in [6.07, 6.45) is 6.74. The molecule has 8 aromatic rings. The van der Waals surface area contributed by atoms with E-state index in [1.54, 1.807) is 24.8 Å². The Morgan fingerprint density at radius 2 is 0.667 bits per heavy atom. The van der Waals surface area contributed by atoms with E-state index in [9.17, 15) is 10.5 Å². The van der Waals surface area contributed by atoms with Crippen LogP contribution < -0.4 is 0 Å². The molecular formula is C44H26N4. The van der Waals surface area contributed by atoms with E-state index in [4.69, 9.17) is 0 Å². The van der Waals surface area contributed by atoms with Gasteiger partial charge >= 0.3 is 0 Å². The Bertz CT molecular complexity index is 2390. The molecule has 6 aromatic carbocycles. The summed E-state index contributed by atoms with van der Waals surface area (Å²) in [5.74, 6) is 0. The molecular weight excluding hydrogens is 585 g/mol. The number of nitriles is 2. The summed E-state index contributed by atoms with van der Waals surface area (Å²) >= 11 is 0. The Balaban J connectivity index is 1.18. The molecule has 2 heterocycles. The van der Waals surface area contributed by atoms with Crippen molar-refractivity contribution >= 4 is 21.5 Å². The Labute approximate surface area is 278 Å². The molecule has 4 nitrogen and oxygen atoms in total. The van der Waals surface area contributed by atoms with Gasteiger partial charge in [0.2, 0.25) is 0 Å². The average molecular weight is 611 g/mol. The summed E-state index contributed by atoms with van der Waals surface area (Å²) in [5, 5.41) is 23.4. The van der Waals surface area contributed by atoms with E-state index in [0.717, 1.165) is 33.4 Å². The van der Waals surface area contributed by atoms with Crippen LogP contribution >= 0.6 is 0 Å². The van der Waals surface area contributed by atoms with Crippen molar-refractivity contribution in [2.75, 3.05) is 0 Å². The van der Waals surface area contributed by atoms with Crippen LogP contribution in [0.5, 0.6) is 0 Å². The topological polar surface area (TPSA) is 73.4 Å². The Hall–Kier alpha value is -6.88. The molecule has 0 radical (unpaired) electrons. The van der Waals surface area contributed by atoms with Gasteiger partial charge in [0, 0.05) is 35.9 Å². The molecule has 4 heteroatoms. The molecule has 0 saturated heterocycles. The number of fused-ring (bicyclic) bond motifs is 2. The number of pyridine rings is 2. The lowest BCUT2D eigenvalue weighted by Crippen LogP contribution is -1.90. The van der Waals surface area contributed by atoms with E-state index in [1.165, 1.54) is 43.8 Å². The van der Waals surface area contributed by atoms with Crippen LogP contribution in [-0.2, 0) is 0 Å². The normalized spacial score (nSPS) is 10.9. The van der Waals surface area contributed by atoms with Crippen molar-refractivity contribution in [3.05, 3.63) is 169 Å². The largest absolute Gasteiger partial charge is 0.263 e.